The lowest BCUT2D eigenvalue weighted by Gasteiger charge is -2.30. The third kappa shape index (κ3) is 6.13. The summed E-state index contributed by atoms with van der Waals surface area (Å²) >= 11 is 0. The fourth-order valence-corrected chi connectivity index (χ4v) is 3.14. The Balaban J connectivity index is 1.74. The van der Waals surface area contributed by atoms with E-state index >= 15 is 0 Å². The number of anilines is 1. The largest absolute Gasteiger partial charge is 0.434 e. The van der Waals surface area contributed by atoms with Gasteiger partial charge in [0.05, 0.1) is 25.0 Å². The van der Waals surface area contributed by atoms with E-state index in [1.807, 2.05) is 5.32 Å². The van der Waals surface area contributed by atoms with Gasteiger partial charge in [0.15, 0.2) is 5.60 Å². The number of nitrogens with zero attached hydrogens (tertiary/aromatic N) is 2. The van der Waals surface area contributed by atoms with Gasteiger partial charge in [0, 0.05) is 0 Å². The summed E-state index contributed by atoms with van der Waals surface area (Å²) in [5.74, 6) is -6.00. The number of aromatic nitrogens is 2. The van der Waals surface area contributed by atoms with Crippen LogP contribution in [0.3, 0.4) is 0 Å². The van der Waals surface area contributed by atoms with Crippen LogP contribution in [0.4, 0.5) is 36.6 Å². The van der Waals surface area contributed by atoms with Gasteiger partial charge in [-0.1, -0.05) is 6.07 Å². The summed E-state index contributed by atoms with van der Waals surface area (Å²) < 4.78 is 98.3. The predicted molar refractivity (Wildman–Crippen MR) is 117 cm³/mol. The lowest BCUT2D eigenvalue weighted by atomic mass is 10.0. The number of ether oxygens (including phenoxy) is 1. The van der Waals surface area contributed by atoms with Crippen LogP contribution in [0.1, 0.15) is 20.7 Å². The fraction of sp³-hybridized carbons (Fsp3) is 0.227. The van der Waals surface area contributed by atoms with Crippen molar-refractivity contribution in [1.29, 1.82) is 0 Å². The van der Waals surface area contributed by atoms with E-state index in [9.17, 15) is 45.4 Å². The van der Waals surface area contributed by atoms with E-state index in [1.54, 1.807) is 5.32 Å². The minimum Gasteiger partial charge on any atom is -0.434 e. The van der Waals surface area contributed by atoms with Gasteiger partial charge in [-0.3, -0.25) is 9.59 Å². The van der Waals surface area contributed by atoms with Crippen LogP contribution in [0.15, 0.2) is 48.7 Å². The van der Waals surface area contributed by atoms with Crippen LogP contribution in [0.2, 0.25) is 0 Å². The number of nitrogens with one attached hydrogen (secondary N) is 2. The molecule has 1 aromatic heterocycles. The SMILES string of the molecule is Nc1c(C(=O)NC[C@@](O)(CNC(=O)c2c(F)cccc2OC(F)F)C(F)(F)F)cnn1-c1ccc(F)cc1. The first-order chi connectivity index (χ1) is 17.7. The maximum absolute atomic E-state index is 14.1. The number of benzene rings is 2. The number of halogens is 7. The summed E-state index contributed by atoms with van der Waals surface area (Å²) in [5.41, 5.74) is 0.774. The van der Waals surface area contributed by atoms with Gasteiger partial charge < -0.3 is 26.2 Å². The number of hydrogen-bond acceptors (Lipinski definition) is 6. The lowest BCUT2D eigenvalue weighted by molar-refractivity contribution is -0.254. The van der Waals surface area contributed by atoms with E-state index in [0.29, 0.717) is 6.07 Å². The molecule has 0 aliphatic heterocycles. The molecule has 2 amide bonds. The van der Waals surface area contributed by atoms with Gasteiger partial charge in [0.1, 0.15) is 34.3 Å². The highest BCUT2D eigenvalue weighted by atomic mass is 19.4. The average Bonchev–Trinajstić information content (AvgIpc) is 3.22. The molecule has 2 aromatic carbocycles. The van der Waals surface area contributed by atoms with E-state index in [2.05, 4.69) is 9.84 Å². The molecule has 0 unspecified atom stereocenters. The van der Waals surface area contributed by atoms with E-state index in [0.717, 1.165) is 35.1 Å². The van der Waals surface area contributed by atoms with Crippen molar-refractivity contribution in [3.63, 3.8) is 0 Å². The maximum atomic E-state index is 14.1. The molecule has 204 valence electrons. The molecule has 0 spiro atoms. The van der Waals surface area contributed by atoms with E-state index in [1.165, 1.54) is 12.1 Å². The Morgan fingerprint density at radius 2 is 1.63 bits per heavy atom. The normalized spacial score (nSPS) is 13.2. The first-order valence-electron chi connectivity index (χ1n) is 10.4. The Kier molecular flexibility index (Phi) is 8.14. The zero-order valence-electron chi connectivity index (χ0n) is 18.9. The van der Waals surface area contributed by atoms with Crippen LogP contribution in [-0.4, -0.2) is 58.2 Å². The number of nitrogen functional groups attached to an aromatic ring is 1. The number of nitrogens with two attached hydrogens (primary N) is 1. The highest BCUT2D eigenvalue weighted by molar-refractivity contribution is 5.98. The van der Waals surface area contributed by atoms with Gasteiger partial charge in [-0.05, 0) is 36.4 Å². The van der Waals surface area contributed by atoms with E-state index in [-0.39, 0.29) is 17.1 Å². The zero-order chi connectivity index (χ0) is 28.3. The summed E-state index contributed by atoms with van der Waals surface area (Å²) in [6.07, 6.45) is -4.51. The molecule has 0 aliphatic rings. The molecular formula is C22H18F7N5O4. The molecule has 9 nitrogen and oxygen atoms in total. The molecule has 0 saturated carbocycles. The van der Waals surface area contributed by atoms with Crippen molar-refractivity contribution in [2.45, 2.75) is 18.4 Å². The lowest BCUT2D eigenvalue weighted by Crippen LogP contribution is -2.59. The van der Waals surface area contributed by atoms with Gasteiger partial charge in [-0.15, -0.1) is 0 Å². The van der Waals surface area contributed by atoms with Crippen LogP contribution in [0.25, 0.3) is 5.69 Å². The summed E-state index contributed by atoms with van der Waals surface area (Å²) in [5, 5.41) is 17.5. The molecule has 0 fully saturated rings. The van der Waals surface area contributed by atoms with Gasteiger partial charge in [-0.25, -0.2) is 13.5 Å². The van der Waals surface area contributed by atoms with Crippen molar-refractivity contribution in [2.24, 2.45) is 0 Å². The molecule has 0 saturated heterocycles. The Bertz CT molecular complexity index is 1310. The number of aliphatic hydroxyl groups is 1. The molecule has 3 aromatic rings. The Morgan fingerprint density at radius 3 is 2.21 bits per heavy atom. The van der Waals surface area contributed by atoms with Crippen LogP contribution >= 0.6 is 0 Å². The number of carbonyl (C=O) groups excluding carboxylic acids is 2. The highest BCUT2D eigenvalue weighted by Crippen LogP contribution is 2.30. The van der Waals surface area contributed by atoms with Crippen LogP contribution in [0.5, 0.6) is 5.75 Å². The van der Waals surface area contributed by atoms with Crippen molar-refractivity contribution in [2.75, 3.05) is 18.8 Å². The standard InChI is InChI=1S/C22H18F7N5O4/c23-11-4-6-12(7-5-11)34-17(30)13(8-33-34)18(35)31-9-21(37,22(27,28)29)10-32-19(36)16-14(24)2-1-3-15(16)38-20(25)26/h1-8,20,37H,9-10,30H2,(H,31,35)(H,32,36)/t21-/m1/s1. The molecule has 1 atom stereocenters. The second-order valence-corrected chi connectivity index (χ2v) is 7.72. The first kappa shape index (κ1) is 28.2. The second kappa shape index (κ2) is 11.0. The monoisotopic (exact) mass is 549 g/mol. The smallest absolute Gasteiger partial charge is 0.420 e. The Morgan fingerprint density at radius 1 is 1.03 bits per heavy atom. The Labute approximate surface area is 209 Å². The number of amides is 2. The van der Waals surface area contributed by atoms with Crippen molar-refractivity contribution in [3.05, 3.63) is 71.4 Å². The van der Waals surface area contributed by atoms with Crippen molar-refractivity contribution in [3.8, 4) is 11.4 Å². The van der Waals surface area contributed by atoms with Gasteiger partial charge in [-0.2, -0.15) is 27.1 Å². The van der Waals surface area contributed by atoms with Gasteiger partial charge in [0.25, 0.3) is 11.8 Å². The minimum atomic E-state index is -5.44. The van der Waals surface area contributed by atoms with E-state index in [4.69, 9.17) is 5.73 Å². The molecular weight excluding hydrogens is 531 g/mol. The molecule has 5 N–H and O–H groups in total. The maximum Gasteiger partial charge on any atom is 0.420 e. The molecule has 16 heteroatoms. The number of alkyl halides is 5. The molecule has 0 aliphatic carbocycles. The Hall–Kier alpha value is -4.34. The topological polar surface area (TPSA) is 132 Å². The fourth-order valence-electron chi connectivity index (χ4n) is 3.14. The molecule has 38 heavy (non-hydrogen) atoms. The van der Waals surface area contributed by atoms with Crippen molar-refractivity contribution in [1.82, 2.24) is 20.4 Å². The quantitative estimate of drug-likeness (QED) is 0.304. The van der Waals surface area contributed by atoms with Crippen molar-refractivity contribution >= 4 is 17.6 Å². The number of rotatable bonds is 9. The molecule has 0 bridgehead atoms. The third-order valence-electron chi connectivity index (χ3n) is 5.15. The van der Waals surface area contributed by atoms with Gasteiger partial charge in [0.2, 0.25) is 0 Å². The van der Waals surface area contributed by atoms with Crippen LogP contribution in [-0.2, 0) is 0 Å². The number of hydrogen-bond donors (Lipinski definition) is 4. The molecule has 3 rings (SSSR count). The summed E-state index contributed by atoms with van der Waals surface area (Å²) in [7, 11) is 0. The minimum absolute atomic E-state index is 0.237. The first-order valence-corrected chi connectivity index (χ1v) is 10.4. The predicted octanol–water partition coefficient (Wildman–Crippen LogP) is 2.79. The molecule has 0 radical (unpaired) electrons. The van der Waals surface area contributed by atoms with Crippen molar-refractivity contribution < 1.29 is 50.2 Å². The van der Waals surface area contributed by atoms with Crippen LogP contribution < -0.4 is 21.1 Å². The average molecular weight is 549 g/mol. The summed E-state index contributed by atoms with van der Waals surface area (Å²) in [4.78, 5) is 24.8. The van der Waals surface area contributed by atoms with E-state index < -0.39 is 66.2 Å². The van der Waals surface area contributed by atoms with Crippen LogP contribution in [0, 0.1) is 11.6 Å². The summed E-state index contributed by atoms with van der Waals surface area (Å²) in [6.45, 7) is -6.58. The molecule has 1 heterocycles. The van der Waals surface area contributed by atoms with Gasteiger partial charge >= 0.3 is 12.8 Å². The number of carbonyl (C=O) groups is 2. The third-order valence-corrected chi connectivity index (χ3v) is 5.15. The highest BCUT2D eigenvalue weighted by Gasteiger charge is 2.54. The second-order valence-electron chi connectivity index (χ2n) is 7.72. The summed E-state index contributed by atoms with van der Waals surface area (Å²) in [6, 6.07) is 7.11. The zero-order valence-corrected chi connectivity index (χ0v) is 18.9.